The highest BCUT2D eigenvalue weighted by Crippen LogP contribution is 2.35. The van der Waals surface area contributed by atoms with Crippen LogP contribution in [-0.2, 0) is 6.42 Å². The van der Waals surface area contributed by atoms with Crippen LogP contribution in [0.2, 0.25) is 0 Å². The molecule has 4 aromatic carbocycles. The van der Waals surface area contributed by atoms with Crippen LogP contribution in [0, 0.1) is 34.6 Å². The molecule has 4 amide bonds. The number of fused-ring (bicyclic) bond motifs is 2. The number of hydrogen-bond acceptors (Lipinski definition) is 5. The van der Waals surface area contributed by atoms with Gasteiger partial charge in [0.1, 0.15) is 0 Å². The van der Waals surface area contributed by atoms with Crippen molar-refractivity contribution < 1.29 is 24.0 Å². The molecule has 7 heteroatoms. The summed E-state index contributed by atoms with van der Waals surface area (Å²) >= 11 is 0. The normalized spacial score (nSPS) is 14.1. The van der Waals surface area contributed by atoms with Crippen molar-refractivity contribution in [3.05, 3.63) is 133 Å². The Balaban J connectivity index is 1.30. The summed E-state index contributed by atoms with van der Waals surface area (Å²) in [5.74, 6) is -2.24. The van der Waals surface area contributed by atoms with E-state index in [1.165, 1.54) is 70.6 Å². The highest BCUT2D eigenvalue weighted by molar-refractivity contribution is 6.35. The van der Waals surface area contributed by atoms with E-state index in [-0.39, 0.29) is 33.4 Å². The molecule has 2 heterocycles. The first-order chi connectivity index (χ1) is 20.4. The van der Waals surface area contributed by atoms with Crippen LogP contribution in [0.4, 0.5) is 5.69 Å². The molecule has 0 fully saturated rings. The van der Waals surface area contributed by atoms with Gasteiger partial charge < -0.3 is 0 Å². The predicted octanol–water partition coefficient (Wildman–Crippen LogP) is 6.08. The smallest absolute Gasteiger partial charge is 0.266 e. The van der Waals surface area contributed by atoms with Crippen LogP contribution >= 0.6 is 0 Å². The maximum Gasteiger partial charge on any atom is 0.266 e. The molecule has 0 N–H and O–H groups in total. The van der Waals surface area contributed by atoms with Crippen molar-refractivity contribution >= 4 is 35.1 Å². The summed E-state index contributed by atoms with van der Waals surface area (Å²) in [6, 6.07) is 17.2. The first kappa shape index (κ1) is 28.0. The van der Waals surface area contributed by atoms with Gasteiger partial charge in [0.2, 0.25) is 0 Å². The Morgan fingerprint density at radius 1 is 0.558 bits per heavy atom. The zero-order valence-corrected chi connectivity index (χ0v) is 24.9. The van der Waals surface area contributed by atoms with Crippen molar-refractivity contribution in [2.24, 2.45) is 0 Å². The number of rotatable bonds is 5. The van der Waals surface area contributed by atoms with Gasteiger partial charge in [-0.15, -0.1) is 0 Å². The van der Waals surface area contributed by atoms with Crippen LogP contribution in [0.5, 0.6) is 0 Å². The third-order valence-corrected chi connectivity index (χ3v) is 8.67. The first-order valence-corrected chi connectivity index (χ1v) is 14.1. The van der Waals surface area contributed by atoms with E-state index in [4.69, 9.17) is 0 Å². The van der Waals surface area contributed by atoms with Crippen LogP contribution in [0.1, 0.15) is 96.3 Å². The lowest BCUT2D eigenvalue weighted by molar-refractivity contribution is 0.0692. The second-order valence-electron chi connectivity index (χ2n) is 11.6. The lowest BCUT2D eigenvalue weighted by Crippen LogP contribution is -2.30. The molecule has 0 spiro atoms. The van der Waals surface area contributed by atoms with Crippen LogP contribution in [0.3, 0.4) is 0 Å². The second kappa shape index (κ2) is 9.98. The number of benzene rings is 4. The van der Waals surface area contributed by atoms with Crippen LogP contribution < -0.4 is 4.90 Å². The molecule has 2 aliphatic rings. The Hall–Kier alpha value is -5.17. The minimum absolute atomic E-state index is 0.150. The first-order valence-electron chi connectivity index (χ1n) is 14.1. The molecule has 43 heavy (non-hydrogen) atoms. The number of amides is 4. The summed E-state index contributed by atoms with van der Waals surface area (Å²) in [5.41, 5.74) is 9.45. The van der Waals surface area contributed by atoms with Crippen molar-refractivity contribution in [3.8, 4) is 0 Å². The molecule has 6 rings (SSSR count). The number of aryl methyl sites for hydroxylation is 4. The topological polar surface area (TPSA) is 91.8 Å². The lowest BCUT2D eigenvalue weighted by Gasteiger charge is -2.21. The van der Waals surface area contributed by atoms with Gasteiger partial charge in [-0.3, -0.25) is 28.9 Å². The van der Waals surface area contributed by atoms with Gasteiger partial charge in [0.25, 0.3) is 23.6 Å². The maximum atomic E-state index is 13.7. The van der Waals surface area contributed by atoms with Gasteiger partial charge in [-0.25, -0.2) is 4.90 Å². The molecule has 0 atom stereocenters. The number of hydrogen-bond donors (Lipinski definition) is 0. The van der Waals surface area contributed by atoms with Gasteiger partial charge in [-0.2, -0.15) is 0 Å². The molecule has 214 valence electrons. The third-order valence-electron chi connectivity index (χ3n) is 8.67. The predicted molar refractivity (Wildman–Crippen MR) is 163 cm³/mol. The number of imide groups is 2. The Morgan fingerprint density at radius 3 is 1.51 bits per heavy atom. The summed E-state index contributed by atoms with van der Waals surface area (Å²) in [6.07, 6.45) is 0.732. The monoisotopic (exact) mass is 570 g/mol. The van der Waals surface area contributed by atoms with Crippen molar-refractivity contribution in [2.75, 3.05) is 11.9 Å². The summed E-state index contributed by atoms with van der Waals surface area (Å²) in [5, 5.41) is 0. The maximum absolute atomic E-state index is 13.7. The highest BCUT2D eigenvalue weighted by Gasteiger charge is 2.39. The Kier molecular flexibility index (Phi) is 6.49. The second-order valence-corrected chi connectivity index (χ2v) is 11.6. The number of anilines is 1. The van der Waals surface area contributed by atoms with Crippen LogP contribution in [0.25, 0.3) is 0 Å². The summed E-state index contributed by atoms with van der Waals surface area (Å²) in [4.78, 5) is 67.5. The molecule has 7 nitrogen and oxygen atoms in total. The largest absolute Gasteiger partial charge is 0.289 e. The fourth-order valence-electron chi connectivity index (χ4n) is 6.22. The van der Waals surface area contributed by atoms with E-state index in [9.17, 15) is 24.0 Å². The molecular weight excluding hydrogens is 540 g/mol. The van der Waals surface area contributed by atoms with Crippen LogP contribution in [-0.4, -0.2) is 41.4 Å². The van der Waals surface area contributed by atoms with Gasteiger partial charge in [0.05, 0.1) is 27.9 Å². The van der Waals surface area contributed by atoms with E-state index in [0.29, 0.717) is 5.69 Å². The minimum Gasteiger partial charge on any atom is -0.289 e. The molecule has 0 radical (unpaired) electrons. The summed E-state index contributed by atoms with van der Waals surface area (Å²) in [7, 11) is 1.39. The van der Waals surface area contributed by atoms with E-state index in [1.807, 2.05) is 26.0 Å². The van der Waals surface area contributed by atoms with Gasteiger partial charge in [-0.05, 0) is 104 Å². The standard InChI is InChI=1S/C36H30N2O5/c1-18-11-23(12-19(2)22(18)5)15-24-13-20(3)31(21(4)14-24)38-35(42)28-10-8-26(17-30(28)36(38)43)32(39)25-7-9-27-29(16-25)34(41)37(6)33(27)40/h7-14,16-17H,15H2,1-6H3. The average molecular weight is 571 g/mol. The zero-order valence-electron chi connectivity index (χ0n) is 24.9. The number of nitrogens with zero attached hydrogens (tertiary/aromatic N) is 2. The molecule has 0 bridgehead atoms. The van der Waals surface area contributed by atoms with E-state index in [2.05, 4.69) is 32.9 Å². The molecule has 0 saturated heterocycles. The lowest BCUT2D eigenvalue weighted by atomic mass is 9.94. The molecule has 0 aromatic heterocycles. The highest BCUT2D eigenvalue weighted by atomic mass is 16.2. The van der Waals surface area contributed by atoms with Crippen molar-refractivity contribution in [1.29, 1.82) is 0 Å². The molecule has 0 saturated carbocycles. The Labute approximate surface area is 249 Å². The van der Waals surface area contributed by atoms with Gasteiger partial charge in [0.15, 0.2) is 5.78 Å². The number of ketones is 1. The quantitative estimate of drug-likeness (QED) is 0.214. The van der Waals surface area contributed by atoms with E-state index < -0.39 is 29.4 Å². The van der Waals surface area contributed by atoms with Crippen molar-refractivity contribution in [1.82, 2.24) is 4.90 Å². The molecular formula is C36H30N2O5. The van der Waals surface area contributed by atoms with Gasteiger partial charge >= 0.3 is 0 Å². The van der Waals surface area contributed by atoms with Crippen molar-refractivity contribution in [2.45, 2.75) is 41.0 Å². The minimum atomic E-state index is -0.491. The van der Waals surface area contributed by atoms with Crippen LogP contribution in [0.15, 0.2) is 60.7 Å². The zero-order chi connectivity index (χ0) is 30.9. The fraction of sp³-hybridized carbons (Fsp3) is 0.194. The van der Waals surface area contributed by atoms with E-state index >= 15 is 0 Å². The Morgan fingerprint density at radius 2 is 0.977 bits per heavy atom. The summed E-state index contributed by atoms with van der Waals surface area (Å²) < 4.78 is 0. The fourth-order valence-corrected chi connectivity index (χ4v) is 6.22. The SMILES string of the molecule is Cc1cc(Cc2cc(C)c(N3C(=O)c4ccc(C(=O)c5ccc6c(c5)C(=O)N(C)C6=O)cc4C3=O)c(C)c2)cc(C)c1C. The average Bonchev–Trinajstić information content (AvgIpc) is 3.34. The number of carbonyl (C=O) groups is 5. The van der Waals surface area contributed by atoms with Gasteiger partial charge in [0, 0.05) is 18.2 Å². The van der Waals surface area contributed by atoms with Gasteiger partial charge in [-0.1, -0.05) is 36.4 Å². The van der Waals surface area contributed by atoms with Crippen molar-refractivity contribution in [3.63, 3.8) is 0 Å². The molecule has 0 unspecified atom stereocenters. The molecule has 2 aliphatic heterocycles. The molecule has 0 aliphatic carbocycles. The molecule has 4 aromatic rings. The summed E-state index contributed by atoms with van der Waals surface area (Å²) in [6.45, 7) is 10.1. The van der Waals surface area contributed by atoms with E-state index in [0.717, 1.165) is 28.0 Å². The third kappa shape index (κ3) is 4.39. The van der Waals surface area contributed by atoms with E-state index in [1.54, 1.807) is 0 Å². The Bertz CT molecular complexity index is 1920. The number of carbonyl (C=O) groups excluding carboxylic acids is 5.